The summed E-state index contributed by atoms with van der Waals surface area (Å²) in [4.78, 5) is 37.4. The Morgan fingerprint density at radius 2 is 1.88 bits per heavy atom. The Balaban J connectivity index is 1.96. The number of nitrogens with one attached hydrogen (secondary N) is 2. The van der Waals surface area contributed by atoms with E-state index in [4.69, 9.17) is 4.74 Å². The lowest BCUT2D eigenvalue weighted by molar-refractivity contribution is -0.139. The van der Waals surface area contributed by atoms with Crippen molar-refractivity contribution in [3.8, 4) is 0 Å². The van der Waals surface area contributed by atoms with Crippen LogP contribution in [0.2, 0.25) is 0 Å². The van der Waals surface area contributed by atoms with Gasteiger partial charge in [-0.2, -0.15) is 0 Å². The van der Waals surface area contributed by atoms with Crippen LogP contribution in [0.25, 0.3) is 0 Å². The highest BCUT2D eigenvalue weighted by Gasteiger charge is 2.44. The maximum atomic E-state index is 12.5. The Bertz CT molecular complexity index is 501. The molecule has 2 rings (SSSR count). The first-order valence-corrected chi connectivity index (χ1v) is 9.22. The summed E-state index contributed by atoms with van der Waals surface area (Å²) in [6.45, 7) is 4.59. The number of likely N-dealkylation sites (tertiary alicyclic amines) is 1. The molecule has 2 aliphatic rings. The Morgan fingerprint density at radius 3 is 2.48 bits per heavy atom. The van der Waals surface area contributed by atoms with E-state index >= 15 is 0 Å². The molecule has 1 aliphatic heterocycles. The van der Waals surface area contributed by atoms with Gasteiger partial charge < -0.3 is 20.3 Å². The molecular weight excluding hydrogens is 322 g/mol. The number of methoxy groups -OCH3 is 1. The van der Waals surface area contributed by atoms with Gasteiger partial charge in [-0.1, -0.05) is 12.8 Å². The number of carbonyl (C=O) groups excluding carboxylic acids is 3. The van der Waals surface area contributed by atoms with Crippen molar-refractivity contribution >= 4 is 17.7 Å². The second-order valence-electron chi connectivity index (χ2n) is 7.41. The molecule has 2 unspecified atom stereocenters. The normalized spacial score (nSPS) is 23.8. The molecule has 1 saturated heterocycles. The van der Waals surface area contributed by atoms with Crippen LogP contribution in [-0.2, 0) is 19.1 Å². The third kappa shape index (κ3) is 4.93. The molecule has 0 aromatic heterocycles. The van der Waals surface area contributed by atoms with E-state index in [1.165, 1.54) is 20.5 Å². The van der Waals surface area contributed by atoms with E-state index in [-0.39, 0.29) is 35.8 Å². The number of hydrogen-bond acceptors (Lipinski definition) is 4. The van der Waals surface area contributed by atoms with Crippen LogP contribution < -0.4 is 10.6 Å². The van der Waals surface area contributed by atoms with Crippen molar-refractivity contribution in [1.82, 2.24) is 15.5 Å². The quantitative estimate of drug-likeness (QED) is 0.766. The third-order valence-corrected chi connectivity index (χ3v) is 5.63. The molecule has 25 heavy (non-hydrogen) atoms. The zero-order chi connectivity index (χ0) is 18.4. The van der Waals surface area contributed by atoms with Crippen LogP contribution in [0, 0.1) is 5.41 Å². The first-order chi connectivity index (χ1) is 11.9. The van der Waals surface area contributed by atoms with Gasteiger partial charge in [0.25, 0.3) is 0 Å². The molecule has 0 aromatic carbocycles. The Kier molecular flexibility index (Phi) is 6.81. The number of rotatable bonds is 5. The lowest BCUT2D eigenvalue weighted by atomic mass is 9.64. The monoisotopic (exact) mass is 353 g/mol. The number of nitrogens with zero attached hydrogens (tertiary/aromatic N) is 1. The standard InChI is InChI=1S/C18H31N3O4/c1-13(19-14(2)22)17(24)21-10-8-18(9-11-21)7-5-4-6-15(18)20-16(23)12-25-3/h13,15H,4-12H2,1-3H3,(H,19,22)(H,20,23). The molecule has 1 aliphatic carbocycles. The molecule has 2 fully saturated rings. The molecule has 2 atom stereocenters. The van der Waals surface area contributed by atoms with Crippen molar-refractivity contribution in [3.05, 3.63) is 0 Å². The molecule has 142 valence electrons. The fourth-order valence-electron chi connectivity index (χ4n) is 4.31. The van der Waals surface area contributed by atoms with Gasteiger partial charge in [0.1, 0.15) is 12.6 Å². The van der Waals surface area contributed by atoms with Gasteiger partial charge in [-0.05, 0) is 38.0 Å². The molecule has 0 aromatic rings. The average Bonchev–Trinajstić information content (AvgIpc) is 2.57. The van der Waals surface area contributed by atoms with Gasteiger partial charge in [-0.25, -0.2) is 0 Å². The van der Waals surface area contributed by atoms with Crippen molar-refractivity contribution in [2.24, 2.45) is 5.41 Å². The van der Waals surface area contributed by atoms with E-state index in [0.717, 1.165) is 32.1 Å². The molecule has 3 amide bonds. The molecular formula is C18H31N3O4. The number of carbonyl (C=O) groups is 3. The highest BCUT2D eigenvalue weighted by molar-refractivity contribution is 5.86. The Hall–Kier alpha value is -1.63. The fraction of sp³-hybridized carbons (Fsp3) is 0.833. The second kappa shape index (κ2) is 8.65. The van der Waals surface area contributed by atoms with Crippen LogP contribution in [0.3, 0.4) is 0 Å². The summed E-state index contributed by atoms with van der Waals surface area (Å²) in [5.74, 6) is -0.282. The summed E-state index contributed by atoms with van der Waals surface area (Å²) in [6.07, 6.45) is 6.17. The first-order valence-electron chi connectivity index (χ1n) is 9.22. The molecule has 0 bridgehead atoms. The van der Waals surface area contributed by atoms with E-state index < -0.39 is 6.04 Å². The second-order valence-corrected chi connectivity index (χ2v) is 7.41. The van der Waals surface area contributed by atoms with Gasteiger partial charge >= 0.3 is 0 Å². The minimum atomic E-state index is -0.491. The van der Waals surface area contributed by atoms with Gasteiger partial charge in [0.2, 0.25) is 17.7 Å². The number of piperidine rings is 1. The maximum Gasteiger partial charge on any atom is 0.246 e. The van der Waals surface area contributed by atoms with E-state index in [2.05, 4.69) is 10.6 Å². The summed E-state index contributed by atoms with van der Waals surface area (Å²) < 4.78 is 4.93. The van der Waals surface area contributed by atoms with Crippen LogP contribution in [-0.4, -0.2) is 61.5 Å². The summed E-state index contributed by atoms with van der Waals surface area (Å²) in [5.41, 5.74) is 0.0790. The highest BCUT2D eigenvalue weighted by atomic mass is 16.5. The molecule has 7 heteroatoms. The van der Waals surface area contributed by atoms with Crippen molar-refractivity contribution in [2.45, 2.75) is 64.5 Å². The van der Waals surface area contributed by atoms with E-state index in [1.807, 2.05) is 4.90 Å². The fourth-order valence-corrected chi connectivity index (χ4v) is 4.31. The summed E-state index contributed by atoms with van der Waals surface area (Å²) in [6, 6.07) is -0.330. The van der Waals surface area contributed by atoms with Crippen LogP contribution in [0.15, 0.2) is 0 Å². The van der Waals surface area contributed by atoms with Gasteiger partial charge in [0, 0.05) is 33.2 Å². The van der Waals surface area contributed by atoms with Gasteiger partial charge in [0.05, 0.1) is 0 Å². The predicted molar refractivity (Wildman–Crippen MR) is 93.8 cm³/mol. The molecule has 2 N–H and O–H groups in total. The number of ether oxygens (including phenoxy) is 1. The lowest BCUT2D eigenvalue weighted by Crippen LogP contribution is -2.57. The van der Waals surface area contributed by atoms with Crippen molar-refractivity contribution in [2.75, 3.05) is 26.8 Å². The number of amides is 3. The number of hydrogen-bond donors (Lipinski definition) is 2. The molecule has 1 saturated carbocycles. The molecule has 1 spiro atoms. The first kappa shape index (κ1) is 19.7. The Labute approximate surface area is 149 Å². The molecule has 0 radical (unpaired) electrons. The summed E-state index contributed by atoms with van der Waals surface area (Å²) >= 11 is 0. The molecule has 1 heterocycles. The topological polar surface area (TPSA) is 87.7 Å². The average molecular weight is 353 g/mol. The van der Waals surface area contributed by atoms with Crippen LogP contribution >= 0.6 is 0 Å². The third-order valence-electron chi connectivity index (χ3n) is 5.63. The van der Waals surface area contributed by atoms with Gasteiger partial charge in [-0.15, -0.1) is 0 Å². The minimum absolute atomic E-state index is 0.0270. The van der Waals surface area contributed by atoms with Crippen molar-refractivity contribution in [1.29, 1.82) is 0 Å². The van der Waals surface area contributed by atoms with Crippen molar-refractivity contribution < 1.29 is 19.1 Å². The SMILES string of the molecule is COCC(=O)NC1CCCCC12CCN(C(=O)C(C)NC(C)=O)CC2. The largest absolute Gasteiger partial charge is 0.375 e. The van der Waals surface area contributed by atoms with Crippen LogP contribution in [0.4, 0.5) is 0 Å². The van der Waals surface area contributed by atoms with Crippen LogP contribution in [0.5, 0.6) is 0 Å². The van der Waals surface area contributed by atoms with Crippen molar-refractivity contribution in [3.63, 3.8) is 0 Å². The smallest absolute Gasteiger partial charge is 0.246 e. The zero-order valence-corrected chi connectivity index (χ0v) is 15.6. The van der Waals surface area contributed by atoms with E-state index in [9.17, 15) is 14.4 Å². The molecule has 7 nitrogen and oxygen atoms in total. The maximum absolute atomic E-state index is 12.5. The summed E-state index contributed by atoms with van der Waals surface area (Å²) in [5, 5.41) is 5.81. The zero-order valence-electron chi connectivity index (χ0n) is 15.6. The van der Waals surface area contributed by atoms with E-state index in [1.54, 1.807) is 6.92 Å². The minimum Gasteiger partial charge on any atom is -0.375 e. The van der Waals surface area contributed by atoms with E-state index in [0.29, 0.717) is 13.1 Å². The van der Waals surface area contributed by atoms with Crippen LogP contribution in [0.1, 0.15) is 52.4 Å². The Morgan fingerprint density at radius 1 is 1.20 bits per heavy atom. The lowest BCUT2D eigenvalue weighted by Gasteiger charge is -2.49. The highest BCUT2D eigenvalue weighted by Crippen LogP contribution is 2.44. The summed E-state index contributed by atoms with van der Waals surface area (Å²) in [7, 11) is 1.52. The van der Waals surface area contributed by atoms with Gasteiger partial charge in [0.15, 0.2) is 0 Å². The van der Waals surface area contributed by atoms with Gasteiger partial charge in [-0.3, -0.25) is 14.4 Å². The predicted octanol–water partition coefficient (Wildman–Crippen LogP) is 0.825.